The van der Waals surface area contributed by atoms with E-state index in [1.165, 1.54) is 6.42 Å². The van der Waals surface area contributed by atoms with Crippen LogP contribution in [0.15, 0.2) is 0 Å². The molecule has 0 spiro atoms. The lowest BCUT2D eigenvalue weighted by Gasteiger charge is -2.29. The van der Waals surface area contributed by atoms with Gasteiger partial charge in [-0.1, -0.05) is 20.8 Å². The molecule has 1 rings (SSSR count). The number of carbonyl (C=O) groups excluding carboxylic acids is 1. The highest BCUT2D eigenvalue weighted by molar-refractivity contribution is 5.76. The fraction of sp³-hybridized carbons (Fsp3) is 0.923. The van der Waals surface area contributed by atoms with Crippen molar-refractivity contribution in [3.63, 3.8) is 0 Å². The number of rotatable bonds is 5. The molecule has 4 nitrogen and oxygen atoms in total. The van der Waals surface area contributed by atoms with Gasteiger partial charge in [0.05, 0.1) is 6.10 Å². The molecule has 2 atom stereocenters. The molecular weight excluding hydrogens is 216 g/mol. The number of ether oxygens (including phenoxy) is 1. The van der Waals surface area contributed by atoms with Crippen LogP contribution in [-0.4, -0.2) is 38.3 Å². The standard InChI is InChI=1S/C13H26N2O2/c1-13(2,3)11(17-4)9-15-12(16)8-10-6-5-7-14-10/h10-11,14H,5-9H2,1-4H3,(H,15,16). The molecule has 0 aromatic rings. The third kappa shape index (κ3) is 5.04. The van der Waals surface area contributed by atoms with Crippen molar-refractivity contribution >= 4 is 5.91 Å². The Morgan fingerprint density at radius 1 is 1.53 bits per heavy atom. The Balaban J connectivity index is 2.26. The number of amides is 1. The predicted octanol–water partition coefficient (Wildman–Crippen LogP) is 1.31. The lowest BCUT2D eigenvalue weighted by Crippen LogP contribution is -2.41. The summed E-state index contributed by atoms with van der Waals surface area (Å²) in [7, 11) is 1.70. The van der Waals surface area contributed by atoms with Gasteiger partial charge in [0.2, 0.25) is 5.91 Å². The molecule has 1 amide bonds. The average Bonchev–Trinajstić information content (AvgIpc) is 2.69. The van der Waals surface area contributed by atoms with Crippen LogP contribution in [0.1, 0.15) is 40.0 Å². The van der Waals surface area contributed by atoms with Gasteiger partial charge in [0.1, 0.15) is 0 Å². The molecular formula is C13H26N2O2. The molecule has 2 unspecified atom stereocenters. The number of nitrogens with one attached hydrogen (secondary N) is 2. The van der Waals surface area contributed by atoms with Crippen molar-refractivity contribution in [2.24, 2.45) is 5.41 Å². The predicted molar refractivity (Wildman–Crippen MR) is 68.9 cm³/mol. The van der Waals surface area contributed by atoms with Gasteiger partial charge in [-0.05, 0) is 24.8 Å². The Morgan fingerprint density at radius 2 is 2.24 bits per heavy atom. The van der Waals surface area contributed by atoms with Crippen molar-refractivity contribution in [3.8, 4) is 0 Å². The van der Waals surface area contributed by atoms with Crippen molar-refractivity contribution in [2.75, 3.05) is 20.2 Å². The molecule has 2 N–H and O–H groups in total. The van der Waals surface area contributed by atoms with Crippen molar-refractivity contribution in [2.45, 2.75) is 52.2 Å². The van der Waals surface area contributed by atoms with Crippen LogP contribution in [0, 0.1) is 5.41 Å². The fourth-order valence-corrected chi connectivity index (χ4v) is 2.18. The van der Waals surface area contributed by atoms with Crippen LogP contribution in [0.5, 0.6) is 0 Å². The van der Waals surface area contributed by atoms with Crippen LogP contribution < -0.4 is 10.6 Å². The van der Waals surface area contributed by atoms with Crippen LogP contribution in [0.2, 0.25) is 0 Å². The Bertz CT molecular complexity index is 242. The van der Waals surface area contributed by atoms with E-state index in [9.17, 15) is 4.79 Å². The highest BCUT2D eigenvalue weighted by Crippen LogP contribution is 2.21. The summed E-state index contributed by atoms with van der Waals surface area (Å²) in [6.45, 7) is 7.98. The molecule has 1 saturated heterocycles. The van der Waals surface area contributed by atoms with Gasteiger partial charge in [-0.25, -0.2) is 0 Å². The summed E-state index contributed by atoms with van der Waals surface area (Å²) in [5.41, 5.74) is 0.0492. The molecule has 0 radical (unpaired) electrons. The first-order valence-electron chi connectivity index (χ1n) is 6.46. The first-order chi connectivity index (χ1) is 7.93. The molecule has 1 aliphatic rings. The zero-order valence-corrected chi connectivity index (χ0v) is 11.5. The highest BCUT2D eigenvalue weighted by atomic mass is 16.5. The van der Waals surface area contributed by atoms with E-state index in [1.807, 2.05) is 0 Å². The second-order valence-corrected chi connectivity index (χ2v) is 5.89. The summed E-state index contributed by atoms with van der Waals surface area (Å²) in [5.74, 6) is 0.121. The van der Waals surface area contributed by atoms with Gasteiger partial charge in [-0.2, -0.15) is 0 Å². The molecule has 0 aromatic heterocycles. The third-order valence-electron chi connectivity index (χ3n) is 3.33. The smallest absolute Gasteiger partial charge is 0.221 e. The van der Waals surface area contributed by atoms with E-state index in [-0.39, 0.29) is 17.4 Å². The van der Waals surface area contributed by atoms with E-state index in [0.717, 1.165) is 13.0 Å². The molecule has 0 aromatic carbocycles. The van der Waals surface area contributed by atoms with Crippen LogP contribution in [0.4, 0.5) is 0 Å². The minimum absolute atomic E-state index is 0.0492. The van der Waals surface area contributed by atoms with Crippen LogP contribution in [0.25, 0.3) is 0 Å². The summed E-state index contributed by atoms with van der Waals surface area (Å²) in [4.78, 5) is 11.7. The minimum Gasteiger partial charge on any atom is -0.379 e. The number of hydrogen-bond acceptors (Lipinski definition) is 3. The van der Waals surface area contributed by atoms with Crippen molar-refractivity contribution in [1.29, 1.82) is 0 Å². The Kier molecular flexibility index (Phi) is 5.40. The molecule has 4 heteroatoms. The average molecular weight is 242 g/mol. The van der Waals surface area contributed by atoms with Crippen LogP contribution >= 0.6 is 0 Å². The van der Waals surface area contributed by atoms with Crippen LogP contribution in [-0.2, 0) is 9.53 Å². The summed E-state index contributed by atoms with van der Waals surface area (Å²) >= 11 is 0. The maximum atomic E-state index is 11.7. The van der Waals surface area contributed by atoms with E-state index in [4.69, 9.17) is 4.74 Å². The van der Waals surface area contributed by atoms with E-state index in [0.29, 0.717) is 19.0 Å². The molecule has 17 heavy (non-hydrogen) atoms. The molecule has 0 aliphatic carbocycles. The maximum absolute atomic E-state index is 11.7. The Morgan fingerprint density at radius 3 is 2.71 bits per heavy atom. The molecule has 0 bridgehead atoms. The van der Waals surface area contributed by atoms with E-state index < -0.39 is 0 Å². The first kappa shape index (κ1) is 14.5. The summed E-state index contributed by atoms with van der Waals surface area (Å²) < 4.78 is 5.40. The summed E-state index contributed by atoms with van der Waals surface area (Å²) in [6, 6.07) is 0.366. The lowest BCUT2D eigenvalue weighted by atomic mass is 9.89. The summed E-state index contributed by atoms with van der Waals surface area (Å²) in [5, 5.41) is 6.29. The normalized spacial score (nSPS) is 22.5. The van der Waals surface area contributed by atoms with Gasteiger partial charge in [0, 0.05) is 26.1 Å². The van der Waals surface area contributed by atoms with Crippen molar-refractivity contribution in [1.82, 2.24) is 10.6 Å². The molecule has 0 saturated carbocycles. The Hall–Kier alpha value is -0.610. The van der Waals surface area contributed by atoms with E-state index in [2.05, 4.69) is 31.4 Å². The zero-order valence-electron chi connectivity index (χ0n) is 11.5. The lowest BCUT2D eigenvalue weighted by molar-refractivity contribution is -0.122. The van der Waals surface area contributed by atoms with Gasteiger partial charge < -0.3 is 15.4 Å². The topological polar surface area (TPSA) is 50.4 Å². The number of methoxy groups -OCH3 is 1. The second-order valence-electron chi connectivity index (χ2n) is 5.89. The van der Waals surface area contributed by atoms with E-state index in [1.54, 1.807) is 7.11 Å². The largest absolute Gasteiger partial charge is 0.379 e. The number of hydrogen-bond donors (Lipinski definition) is 2. The summed E-state index contributed by atoms with van der Waals surface area (Å²) in [6.07, 6.45) is 2.93. The van der Waals surface area contributed by atoms with E-state index >= 15 is 0 Å². The maximum Gasteiger partial charge on any atom is 0.221 e. The van der Waals surface area contributed by atoms with Crippen molar-refractivity contribution < 1.29 is 9.53 Å². The fourth-order valence-electron chi connectivity index (χ4n) is 2.18. The van der Waals surface area contributed by atoms with Crippen molar-refractivity contribution in [3.05, 3.63) is 0 Å². The molecule has 100 valence electrons. The molecule has 1 heterocycles. The second kappa shape index (κ2) is 6.36. The quantitative estimate of drug-likeness (QED) is 0.764. The number of carbonyl (C=O) groups is 1. The Labute approximate surface area is 104 Å². The third-order valence-corrected chi connectivity index (χ3v) is 3.33. The molecule has 1 aliphatic heterocycles. The van der Waals surface area contributed by atoms with Gasteiger partial charge in [0.25, 0.3) is 0 Å². The SMILES string of the molecule is COC(CNC(=O)CC1CCCN1)C(C)(C)C. The van der Waals surface area contributed by atoms with Gasteiger partial charge >= 0.3 is 0 Å². The molecule has 1 fully saturated rings. The monoisotopic (exact) mass is 242 g/mol. The minimum atomic E-state index is 0.0492. The first-order valence-corrected chi connectivity index (χ1v) is 6.46. The zero-order chi connectivity index (χ0) is 12.9. The van der Waals surface area contributed by atoms with Crippen LogP contribution in [0.3, 0.4) is 0 Å². The highest BCUT2D eigenvalue weighted by Gasteiger charge is 2.25. The van der Waals surface area contributed by atoms with Gasteiger partial charge in [-0.15, -0.1) is 0 Å². The van der Waals surface area contributed by atoms with Gasteiger partial charge in [0.15, 0.2) is 0 Å². The van der Waals surface area contributed by atoms with Gasteiger partial charge in [-0.3, -0.25) is 4.79 Å².